The third-order valence-electron chi connectivity index (χ3n) is 3.10. The molecule has 0 atom stereocenters. The molecule has 1 N–H and O–H groups in total. The van der Waals surface area contributed by atoms with E-state index >= 15 is 0 Å². The predicted octanol–water partition coefficient (Wildman–Crippen LogP) is 3.36. The van der Waals surface area contributed by atoms with Gasteiger partial charge < -0.3 is 10.0 Å². The molecule has 1 aromatic carbocycles. The highest BCUT2D eigenvalue weighted by Crippen LogP contribution is 2.22. The first-order valence-electron chi connectivity index (χ1n) is 6.62. The molecule has 0 aromatic heterocycles. The molecule has 0 saturated heterocycles. The smallest absolute Gasteiger partial charge is 0.303 e. The van der Waals surface area contributed by atoms with Gasteiger partial charge in [-0.2, -0.15) is 0 Å². The van der Waals surface area contributed by atoms with E-state index in [0.29, 0.717) is 23.6 Å². The Morgan fingerprint density at radius 3 is 2.55 bits per heavy atom. The normalized spacial score (nSPS) is 10.7. The number of carbonyl (C=O) groups is 2. The lowest BCUT2D eigenvalue weighted by molar-refractivity contribution is -0.137. The summed E-state index contributed by atoms with van der Waals surface area (Å²) >= 11 is 6.18. The van der Waals surface area contributed by atoms with Gasteiger partial charge in [-0.3, -0.25) is 9.59 Å². The lowest BCUT2D eigenvalue weighted by Gasteiger charge is -2.27. The Morgan fingerprint density at radius 2 is 2.00 bits per heavy atom. The molecule has 1 rings (SSSR count). The van der Waals surface area contributed by atoms with Crippen molar-refractivity contribution in [3.05, 3.63) is 34.3 Å². The van der Waals surface area contributed by atoms with E-state index in [4.69, 9.17) is 16.7 Å². The fourth-order valence-electron chi connectivity index (χ4n) is 1.96. The van der Waals surface area contributed by atoms with Crippen LogP contribution in [-0.2, 0) is 4.79 Å². The molecule has 0 bridgehead atoms. The maximum atomic E-state index is 12.5. The van der Waals surface area contributed by atoms with E-state index in [-0.39, 0.29) is 18.4 Å². The van der Waals surface area contributed by atoms with Gasteiger partial charge in [0.25, 0.3) is 5.91 Å². The molecule has 0 fully saturated rings. The van der Waals surface area contributed by atoms with Gasteiger partial charge in [0.2, 0.25) is 0 Å². The molecule has 0 unspecified atom stereocenters. The minimum Gasteiger partial charge on any atom is -0.481 e. The van der Waals surface area contributed by atoms with Crippen LogP contribution in [0.2, 0.25) is 5.02 Å². The van der Waals surface area contributed by atoms with Gasteiger partial charge in [0.1, 0.15) is 0 Å². The van der Waals surface area contributed by atoms with E-state index in [1.165, 1.54) is 0 Å². The molecular weight excluding hydrogens is 278 g/mol. The molecule has 0 aliphatic rings. The van der Waals surface area contributed by atoms with Crippen LogP contribution in [0, 0.1) is 6.92 Å². The average molecular weight is 298 g/mol. The zero-order valence-corrected chi connectivity index (χ0v) is 12.8. The Hall–Kier alpha value is -1.55. The number of hydrogen-bond donors (Lipinski definition) is 1. The first-order valence-corrected chi connectivity index (χ1v) is 7.00. The summed E-state index contributed by atoms with van der Waals surface area (Å²) in [5.41, 5.74) is 1.32. The molecule has 1 aromatic rings. The van der Waals surface area contributed by atoms with Crippen molar-refractivity contribution in [2.24, 2.45) is 0 Å². The molecule has 110 valence electrons. The number of carbonyl (C=O) groups excluding carboxylic acids is 1. The van der Waals surface area contributed by atoms with E-state index in [2.05, 4.69) is 0 Å². The number of rotatable bonds is 6. The standard InChI is InChI=1S/C15H20ClNO3/c1-10(2)17(9-5-8-13(18)19)15(20)12-7-4-6-11(3)14(12)16/h4,6-7,10H,5,8-9H2,1-3H3,(H,18,19). The van der Waals surface area contributed by atoms with Crippen molar-refractivity contribution in [1.82, 2.24) is 4.90 Å². The lowest BCUT2D eigenvalue weighted by atomic mass is 10.1. The second-order valence-electron chi connectivity index (χ2n) is 5.03. The minimum atomic E-state index is -0.852. The van der Waals surface area contributed by atoms with E-state index in [1.807, 2.05) is 26.8 Å². The summed E-state index contributed by atoms with van der Waals surface area (Å²) in [6.07, 6.45) is 0.487. The summed E-state index contributed by atoms with van der Waals surface area (Å²) in [4.78, 5) is 24.8. The maximum absolute atomic E-state index is 12.5. The molecule has 0 radical (unpaired) electrons. The minimum absolute atomic E-state index is 0.00660. The highest BCUT2D eigenvalue weighted by molar-refractivity contribution is 6.34. The maximum Gasteiger partial charge on any atom is 0.303 e. The van der Waals surface area contributed by atoms with Crippen molar-refractivity contribution in [1.29, 1.82) is 0 Å². The largest absolute Gasteiger partial charge is 0.481 e. The van der Waals surface area contributed by atoms with E-state index in [0.717, 1.165) is 5.56 Å². The van der Waals surface area contributed by atoms with Gasteiger partial charge in [-0.25, -0.2) is 0 Å². The van der Waals surface area contributed by atoms with Gasteiger partial charge in [0.15, 0.2) is 0 Å². The molecule has 0 saturated carbocycles. The molecule has 0 aliphatic heterocycles. The number of aryl methyl sites for hydroxylation is 1. The van der Waals surface area contributed by atoms with E-state index < -0.39 is 5.97 Å². The number of nitrogens with zero attached hydrogens (tertiary/aromatic N) is 1. The number of halogens is 1. The molecule has 0 spiro atoms. The van der Waals surface area contributed by atoms with Crippen molar-refractivity contribution >= 4 is 23.5 Å². The Labute approximate surface area is 124 Å². The zero-order chi connectivity index (χ0) is 15.3. The van der Waals surface area contributed by atoms with Gasteiger partial charge >= 0.3 is 5.97 Å². The molecule has 0 aliphatic carbocycles. The molecule has 20 heavy (non-hydrogen) atoms. The fraction of sp³-hybridized carbons (Fsp3) is 0.467. The quantitative estimate of drug-likeness (QED) is 0.876. The van der Waals surface area contributed by atoms with Crippen LogP contribution in [0.15, 0.2) is 18.2 Å². The van der Waals surface area contributed by atoms with Crippen LogP contribution in [0.4, 0.5) is 0 Å². The molecule has 0 heterocycles. The van der Waals surface area contributed by atoms with Gasteiger partial charge in [-0.15, -0.1) is 0 Å². The zero-order valence-electron chi connectivity index (χ0n) is 12.0. The number of hydrogen-bond acceptors (Lipinski definition) is 2. The van der Waals surface area contributed by atoms with Crippen LogP contribution >= 0.6 is 11.6 Å². The summed E-state index contributed by atoms with van der Waals surface area (Å²) < 4.78 is 0. The van der Waals surface area contributed by atoms with Crippen LogP contribution < -0.4 is 0 Å². The molecule has 1 amide bonds. The van der Waals surface area contributed by atoms with E-state index in [1.54, 1.807) is 17.0 Å². The predicted molar refractivity (Wildman–Crippen MR) is 79.2 cm³/mol. The Balaban J connectivity index is 2.88. The Kier molecular flexibility index (Phi) is 6.02. The number of amides is 1. The Morgan fingerprint density at radius 1 is 1.35 bits per heavy atom. The number of carboxylic acids is 1. The summed E-state index contributed by atoms with van der Waals surface area (Å²) in [5, 5.41) is 9.14. The lowest BCUT2D eigenvalue weighted by Crippen LogP contribution is -2.38. The molecule has 5 heteroatoms. The van der Waals surface area contributed by atoms with Gasteiger partial charge in [-0.1, -0.05) is 23.7 Å². The van der Waals surface area contributed by atoms with Crippen LogP contribution in [0.25, 0.3) is 0 Å². The molecule has 4 nitrogen and oxygen atoms in total. The van der Waals surface area contributed by atoms with Crippen LogP contribution in [-0.4, -0.2) is 34.5 Å². The average Bonchev–Trinajstić information content (AvgIpc) is 2.36. The molecular formula is C15H20ClNO3. The monoisotopic (exact) mass is 297 g/mol. The summed E-state index contributed by atoms with van der Waals surface area (Å²) in [6.45, 7) is 6.07. The van der Waals surface area contributed by atoms with Gasteiger partial charge in [-0.05, 0) is 38.8 Å². The fourth-order valence-corrected chi connectivity index (χ4v) is 2.17. The highest BCUT2D eigenvalue weighted by Gasteiger charge is 2.21. The van der Waals surface area contributed by atoms with Crippen LogP contribution in [0.1, 0.15) is 42.6 Å². The number of aliphatic carboxylic acids is 1. The van der Waals surface area contributed by atoms with Crippen molar-refractivity contribution in [2.75, 3.05) is 6.54 Å². The summed E-state index contributed by atoms with van der Waals surface area (Å²) in [6, 6.07) is 5.34. The SMILES string of the molecule is Cc1cccc(C(=O)N(CCCC(=O)O)C(C)C)c1Cl. The second kappa shape index (κ2) is 7.29. The van der Waals surface area contributed by atoms with Crippen LogP contribution in [0.5, 0.6) is 0 Å². The summed E-state index contributed by atoms with van der Waals surface area (Å²) in [5.74, 6) is -1.01. The van der Waals surface area contributed by atoms with Crippen LogP contribution in [0.3, 0.4) is 0 Å². The first kappa shape index (κ1) is 16.5. The second-order valence-corrected chi connectivity index (χ2v) is 5.40. The topological polar surface area (TPSA) is 57.6 Å². The number of benzene rings is 1. The van der Waals surface area contributed by atoms with Crippen molar-refractivity contribution in [2.45, 2.75) is 39.7 Å². The van der Waals surface area contributed by atoms with Gasteiger partial charge in [0.05, 0.1) is 10.6 Å². The third kappa shape index (κ3) is 4.23. The van der Waals surface area contributed by atoms with Crippen molar-refractivity contribution in [3.63, 3.8) is 0 Å². The number of carboxylic acid groups (broad SMARTS) is 1. The van der Waals surface area contributed by atoms with Crippen molar-refractivity contribution < 1.29 is 14.7 Å². The highest BCUT2D eigenvalue weighted by atomic mass is 35.5. The first-order chi connectivity index (χ1) is 9.34. The third-order valence-corrected chi connectivity index (χ3v) is 3.60. The summed E-state index contributed by atoms with van der Waals surface area (Å²) in [7, 11) is 0. The van der Waals surface area contributed by atoms with E-state index in [9.17, 15) is 9.59 Å². The Bertz CT molecular complexity index is 500. The van der Waals surface area contributed by atoms with Crippen molar-refractivity contribution in [3.8, 4) is 0 Å². The van der Waals surface area contributed by atoms with Gasteiger partial charge in [0, 0.05) is 19.0 Å².